The molecule has 0 bridgehead atoms. The lowest BCUT2D eigenvalue weighted by molar-refractivity contribution is -0.142. The van der Waals surface area contributed by atoms with Crippen molar-refractivity contribution in [1.82, 2.24) is 14.9 Å². The second-order valence-corrected chi connectivity index (χ2v) is 5.38. The minimum Gasteiger partial charge on any atom is -0.481 e. The number of amides is 1. The Balaban J connectivity index is 1.86. The van der Waals surface area contributed by atoms with E-state index in [2.05, 4.69) is 9.97 Å². The molecule has 1 saturated heterocycles. The maximum atomic E-state index is 12.4. The fourth-order valence-electron chi connectivity index (χ4n) is 2.68. The SMILES string of the molecule is C[C@@H]1CN(C(=O)c2cnc3ccccc3n2)C[C@H]1C(=O)O. The molecule has 0 unspecified atom stereocenters. The Morgan fingerprint density at radius 1 is 1.24 bits per heavy atom. The van der Waals surface area contributed by atoms with E-state index in [1.165, 1.54) is 6.20 Å². The molecule has 1 aliphatic rings. The van der Waals surface area contributed by atoms with Gasteiger partial charge in [-0.25, -0.2) is 4.98 Å². The summed E-state index contributed by atoms with van der Waals surface area (Å²) in [5, 5.41) is 9.13. The van der Waals surface area contributed by atoms with Crippen molar-refractivity contribution in [2.45, 2.75) is 6.92 Å². The Labute approximate surface area is 121 Å². The van der Waals surface area contributed by atoms with Crippen LogP contribution in [0.1, 0.15) is 17.4 Å². The molecule has 1 fully saturated rings. The second-order valence-electron chi connectivity index (χ2n) is 5.38. The van der Waals surface area contributed by atoms with Gasteiger partial charge in [0, 0.05) is 13.1 Å². The van der Waals surface area contributed by atoms with E-state index in [-0.39, 0.29) is 24.1 Å². The number of aromatic nitrogens is 2. The zero-order chi connectivity index (χ0) is 15.0. The lowest BCUT2D eigenvalue weighted by Gasteiger charge is -2.15. The minimum absolute atomic E-state index is 0.0557. The van der Waals surface area contributed by atoms with Gasteiger partial charge in [-0.1, -0.05) is 19.1 Å². The highest BCUT2D eigenvalue weighted by Crippen LogP contribution is 2.24. The second kappa shape index (κ2) is 5.12. The number of likely N-dealkylation sites (tertiary alicyclic amines) is 1. The zero-order valence-corrected chi connectivity index (χ0v) is 11.6. The molecule has 1 aromatic heterocycles. The van der Waals surface area contributed by atoms with Gasteiger partial charge in [-0.3, -0.25) is 14.6 Å². The third-order valence-electron chi connectivity index (χ3n) is 3.88. The molecule has 0 aliphatic carbocycles. The zero-order valence-electron chi connectivity index (χ0n) is 11.6. The number of fused-ring (bicyclic) bond motifs is 1. The van der Waals surface area contributed by atoms with Crippen LogP contribution in [0.25, 0.3) is 11.0 Å². The van der Waals surface area contributed by atoms with Crippen molar-refractivity contribution in [1.29, 1.82) is 0 Å². The number of carboxylic acids is 1. The average Bonchev–Trinajstić information content (AvgIpc) is 2.88. The number of rotatable bonds is 2. The van der Waals surface area contributed by atoms with Crippen molar-refractivity contribution in [2.75, 3.05) is 13.1 Å². The van der Waals surface area contributed by atoms with E-state index < -0.39 is 11.9 Å². The Bertz CT molecular complexity index is 716. The van der Waals surface area contributed by atoms with Gasteiger partial charge >= 0.3 is 5.97 Å². The number of benzene rings is 1. The molecule has 0 radical (unpaired) electrons. The normalized spacial score (nSPS) is 21.7. The molecule has 2 aromatic rings. The number of aliphatic carboxylic acids is 1. The summed E-state index contributed by atoms with van der Waals surface area (Å²) in [5.41, 5.74) is 1.64. The van der Waals surface area contributed by atoms with E-state index in [9.17, 15) is 9.59 Å². The fraction of sp³-hybridized carbons (Fsp3) is 0.333. The first-order valence-electron chi connectivity index (χ1n) is 6.80. The smallest absolute Gasteiger partial charge is 0.308 e. The first kappa shape index (κ1) is 13.5. The van der Waals surface area contributed by atoms with Crippen LogP contribution in [0.5, 0.6) is 0 Å². The Hall–Kier alpha value is -2.50. The number of carbonyl (C=O) groups is 2. The maximum Gasteiger partial charge on any atom is 0.308 e. The summed E-state index contributed by atoms with van der Waals surface area (Å²) in [7, 11) is 0. The van der Waals surface area contributed by atoms with Gasteiger partial charge in [0.2, 0.25) is 0 Å². The monoisotopic (exact) mass is 285 g/mol. The number of hydrogen-bond donors (Lipinski definition) is 1. The minimum atomic E-state index is -0.859. The van der Waals surface area contributed by atoms with Crippen LogP contribution in [0.15, 0.2) is 30.5 Å². The van der Waals surface area contributed by atoms with E-state index >= 15 is 0 Å². The van der Waals surface area contributed by atoms with Crippen molar-refractivity contribution in [3.8, 4) is 0 Å². The van der Waals surface area contributed by atoms with E-state index in [1.807, 2.05) is 25.1 Å². The molecule has 6 heteroatoms. The fourth-order valence-corrected chi connectivity index (χ4v) is 2.68. The van der Waals surface area contributed by atoms with Gasteiger partial charge < -0.3 is 10.0 Å². The molecule has 108 valence electrons. The van der Waals surface area contributed by atoms with Crippen LogP contribution in [0, 0.1) is 11.8 Å². The first-order valence-corrected chi connectivity index (χ1v) is 6.80. The van der Waals surface area contributed by atoms with E-state index in [1.54, 1.807) is 11.0 Å². The van der Waals surface area contributed by atoms with Crippen LogP contribution < -0.4 is 0 Å². The molecular weight excluding hydrogens is 270 g/mol. The Morgan fingerprint density at radius 2 is 1.95 bits per heavy atom. The van der Waals surface area contributed by atoms with Gasteiger partial charge in [-0.05, 0) is 18.1 Å². The van der Waals surface area contributed by atoms with Crippen molar-refractivity contribution in [3.63, 3.8) is 0 Å². The molecule has 0 saturated carbocycles. The lowest BCUT2D eigenvalue weighted by atomic mass is 9.99. The summed E-state index contributed by atoms with van der Waals surface area (Å²) < 4.78 is 0. The summed E-state index contributed by atoms with van der Waals surface area (Å²) in [4.78, 5) is 33.6. The molecule has 3 rings (SSSR count). The van der Waals surface area contributed by atoms with Gasteiger partial charge in [-0.15, -0.1) is 0 Å². The molecule has 1 aromatic carbocycles. The Kier molecular flexibility index (Phi) is 3.29. The maximum absolute atomic E-state index is 12.4. The van der Waals surface area contributed by atoms with Gasteiger partial charge in [0.15, 0.2) is 0 Å². The van der Waals surface area contributed by atoms with Gasteiger partial charge in [0.05, 0.1) is 23.1 Å². The number of para-hydroxylation sites is 2. The van der Waals surface area contributed by atoms with Crippen LogP contribution in [-0.2, 0) is 4.79 Å². The van der Waals surface area contributed by atoms with E-state index in [0.717, 1.165) is 5.52 Å². The molecule has 2 heterocycles. The molecule has 1 amide bonds. The summed E-state index contributed by atoms with van der Waals surface area (Å²) in [5.74, 6) is -1.69. The average molecular weight is 285 g/mol. The van der Waals surface area contributed by atoms with Gasteiger partial charge in [0.1, 0.15) is 5.69 Å². The van der Waals surface area contributed by atoms with Crippen LogP contribution in [0.4, 0.5) is 0 Å². The van der Waals surface area contributed by atoms with E-state index in [0.29, 0.717) is 12.1 Å². The topological polar surface area (TPSA) is 83.4 Å². The van der Waals surface area contributed by atoms with Crippen LogP contribution in [0.3, 0.4) is 0 Å². The number of carboxylic acid groups (broad SMARTS) is 1. The number of nitrogens with zero attached hydrogens (tertiary/aromatic N) is 3. The molecule has 6 nitrogen and oxygen atoms in total. The Morgan fingerprint density at radius 3 is 2.62 bits per heavy atom. The van der Waals surface area contributed by atoms with Gasteiger partial charge in [-0.2, -0.15) is 0 Å². The van der Waals surface area contributed by atoms with Gasteiger partial charge in [0.25, 0.3) is 5.91 Å². The molecular formula is C15H15N3O3. The quantitative estimate of drug-likeness (QED) is 0.902. The largest absolute Gasteiger partial charge is 0.481 e. The standard InChI is InChI=1S/C15H15N3O3/c1-9-7-18(8-10(9)15(20)21)14(19)13-6-16-11-4-2-3-5-12(11)17-13/h2-6,9-10H,7-8H2,1H3,(H,20,21)/t9-,10-/m1/s1. The van der Waals surface area contributed by atoms with Crippen molar-refractivity contribution in [3.05, 3.63) is 36.2 Å². The molecule has 21 heavy (non-hydrogen) atoms. The van der Waals surface area contributed by atoms with Crippen molar-refractivity contribution in [2.24, 2.45) is 11.8 Å². The number of carbonyl (C=O) groups excluding carboxylic acids is 1. The van der Waals surface area contributed by atoms with Crippen molar-refractivity contribution < 1.29 is 14.7 Å². The third-order valence-corrected chi connectivity index (χ3v) is 3.88. The molecule has 1 N–H and O–H groups in total. The molecule has 1 aliphatic heterocycles. The predicted molar refractivity (Wildman–Crippen MR) is 75.7 cm³/mol. The van der Waals surface area contributed by atoms with Crippen molar-refractivity contribution >= 4 is 22.9 Å². The highest BCUT2D eigenvalue weighted by molar-refractivity contribution is 5.94. The lowest BCUT2D eigenvalue weighted by Crippen LogP contribution is -2.30. The summed E-state index contributed by atoms with van der Waals surface area (Å²) >= 11 is 0. The van der Waals surface area contributed by atoms with Crippen LogP contribution in [-0.4, -0.2) is 44.9 Å². The number of hydrogen-bond acceptors (Lipinski definition) is 4. The first-order chi connectivity index (χ1) is 10.1. The van der Waals surface area contributed by atoms with Crippen LogP contribution in [0.2, 0.25) is 0 Å². The summed E-state index contributed by atoms with van der Waals surface area (Å²) in [6.45, 7) is 2.51. The third kappa shape index (κ3) is 2.44. The molecule has 0 spiro atoms. The summed E-state index contributed by atoms with van der Waals surface area (Å²) in [6.07, 6.45) is 1.45. The molecule has 2 atom stereocenters. The highest BCUT2D eigenvalue weighted by atomic mass is 16.4. The predicted octanol–water partition coefficient (Wildman–Crippen LogP) is 1.42. The van der Waals surface area contributed by atoms with E-state index in [4.69, 9.17) is 5.11 Å². The van der Waals surface area contributed by atoms with Crippen LogP contribution >= 0.6 is 0 Å². The summed E-state index contributed by atoms with van der Waals surface area (Å²) in [6, 6.07) is 7.32. The highest BCUT2D eigenvalue weighted by Gasteiger charge is 2.37.